The molecule has 2 aromatic heterocycles. The summed E-state index contributed by atoms with van der Waals surface area (Å²) in [6.45, 7) is 1.01. The average molecular weight is 381 g/mol. The molecule has 0 aliphatic rings. The number of aromatic nitrogens is 3. The predicted octanol–water partition coefficient (Wildman–Crippen LogP) is 1.63. The third-order valence-corrected chi connectivity index (χ3v) is 3.99. The lowest BCUT2D eigenvalue weighted by Gasteiger charge is -2.12. The molecular formula is C19H23N7O2. The van der Waals surface area contributed by atoms with Crippen molar-refractivity contribution in [1.29, 1.82) is 0 Å². The summed E-state index contributed by atoms with van der Waals surface area (Å²) < 4.78 is 5.28. The number of hydrogen-bond donors (Lipinski definition) is 3. The van der Waals surface area contributed by atoms with Crippen LogP contribution in [0.4, 0.5) is 0 Å². The van der Waals surface area contributed by atoms with Crippen molar-refractivity contribution in [3.63, 3.8) is 0 Å². The van der Waals surface area contributed by atoms with Crippen LogP contribution in [0.3, 0.4) is 0 Å². The number of benzene rings is 1. The molecule has 1 amide bonds. The highest BCUT2D eigenvalue weighted by Gasteiger charge is 2.09. The van der Waals surface area contributed by atoms with Crippen LogP contribution in [0.15, 0.2) is 52.1 Å². The summed E-state index contributed by atoms with van der Waals surface area (Å²) in [6, 6.07) is 11.1. The van der Waals surface area contributed by atoms with E-state index in [1.54, 1.807) is 44.4 Å². The molecule has 0 spiro atoms. The van der Waals surface area contributed by atoms with Crippen LogP contribution in [0.2, 0.25) is 0 Å². The van der Waals surface area contributed by atoms with E-state index in [2.05, 4.69) is 30.8 Å². The van der Waals surface area contributed by atoms with Crippen molar-refractivity contribution in [3.8, 4) is 11.6 Å². The maximum atomic E-state index is 11.9. The van der Waals surface area contributed by atoms with Crippen molar-refractivity contribution in [3.05, 3.63) is 59.6 Å². The van der Waals surface area contributed by atoms with Gasteiger partial charge in [-0.2, -0.15) is 0 Å². The molecule has 0 aliphatic heterocycles. The van der Waals surface area contributed by atoms with Crippen molar-refractivity contribution in [2.45, 2.75) is 13.1 Å². The first-order valence-electron chi connectivity index (χ1n) is 8.77. The molecule has 0 aliphatic carbocycles. The number of carbonyl (C=O) groups is 1. The molecule has 0 fully saturated rings. The van der Waals surface area contributed by atoms with Crippen LogP contribution < -0.4 is 10.6 Å². The van der Waals surface area contributed by atoms with Gasteiger partial charge in [-0.3, -0.25) is 14.9 Å². The molecule has 0 unspecified atom stereocenters. The van der Waals surface area contributed by atoms with Gasteiger partial charge in [0, 0.05) is 33.3 Å². The molecule has 0 saturated carbocycles. The molecule has 9 heteroatoms. The lowest BCUT2D eigenvalue weighted by Crippen LogP contribution is -2.36. The summed E-state index contributed by atoms with van der Waals surface area (Å²) in [5, 5.41) is 13.4. The first-order valence-corrected chi connectivity index (χ1v) is 8.77. The molecule has 146 valence electrons. The molecule has 1 aromatic carbocycles. The Morgan fingerprint density at radius 1 is 1.18 bits per heavy atom. The van der Waals surface area contributed by atoms with E-state index in [1.807, 2.05) is 24.3 Å². The topological polar surface area (TPSA) is 111 Å². The van der Waals surface area contributed by atoms with E-state index >= 15 is 0 Å². The summed E-state index contributed by atoms with van der Waals surface area (Å²) >= 11 is 0. The number of furan rings is 1. The predicted molar refractivity (Wildman–Crippen MR) is 106 cm³/mol. The Balaban J connectivity index is 1.50. The van der Waals surface area contributed by atoms with Crippen molar-refractivity contribution < 1.29 is 9.21 Å². The molecule has 0 bridgehead atoms. The minimum absolute atomic E-state index is 0.0158. The van der Waals surface area contributed by atoms with E-state index in [0.717, 1.165) is 5.56 Å². The second-order valence-electron chi connectivity index (χ2n) is 6.26. The third-order valence-electron chi connectivity index (χ3n) is 3.99. The molecule has 3 N–H and O–H groups in total. The largest absolute Gasteiger partial charge is 0.461 e. The van der Waals surface area contributed by atoms with Gasteiger partial charge in [-0.25, -0.2) is 4.98 Å². The molecular weight excluding hydrogens is 358 g/mol. The summed E-state index contributed by atoms with van der Waals surface area (Å²) in [7, 11) is 5.17. The number of H-pyrrole nitrogens is 1. The van der Waals surface area contributed by atoms with Gasteiger partial charge in [-0.1, -0.05) is 12.1 Å². The van der Waals surface area contributed by atoms with Gasteiger partial charge in [0.25, 0.3) is 5.91 Å². The second-order valence-corrected chi connectivity index (χ2v) is 6.26. The number of hydrogen-bond acceptors (Lipinski definition) is 5. The highest BCUT2D eigenvalue weighted by molar-refractivity contribution is 5.93. The number of aliphatic imine (C=N–C) groups is 1. The first-order chi connectivity index (χ1) is 13.6. The number of guanidine groups is 1. The van der Waals surface area contributed by atoms with E-state index in [1.165, 1.54) is 0 Å². The SMILES string of the molecule is CN=C(NCc1ccc(C(=O)N(C)C)cc1)NCc1nc(-c2ccco2)n[nH]1. The number of carbonyl (C=O) groups excluding carboxylic acids is 1. The number of nitrogens with one attached hydrogen (secondary N) is 3. The lowest BCUT2D eigenvalue weighted by atomic mass is 10.1. The average Bonchev–Trinajstić information content (AvgIpc) is 3.39. The first kappa shape index (κ1) is 19.2. The summed E-state index contributed by atoms with van der Waals surface area (Å²) in [5.74, 6) is 2.40. The zero-order valence-corrected chi connectivity index (χ0v) is 16.1. The van der Waals surface area contributed by atoms with Crippen LogP contribution in [0, 0.1) is 0 Å². The van der Waals surface area contributed by atoms with Gasteiger partial charge >= 0.3 is 0 Å². The van der Waals surface area contributed by atoms with Crippen LogP contribution in [0.1, 0.15) is 21.7 Å². The number of nitrogens with zero attached hydrogens (tertiary/aromatic N) is 4. The summed E-state index contributed by atoms with van der Waals surface area (Å²) in [5.41, 5.74) is 1.70. The molecule has 2 heterocycles. The lowest BCUT2D eigenvalue weighted by molar-refractivity contribution is 0.0827. The summed E-state index contributed by atoms with van der Waals surface area (Å²) in [6.07, 6.45) is 1.58. The minimum atomic E-state index is -0.0158. The number of rotatable bonds is 6. The minimum Gasteiger partial charge on any atom is -0.461 e. The van der Waals surface area contributed by atoms with Gasteiger partial charge in [-0.05, 0) is 29.8 Å². The number of aromatic amines is 1. The summed E-state index contributed by atoms with van der Waals surface area (Å²) in [4.78, 5) is 22.1. The maximum absolute atomic E-state index is 11.9. The third kappa shape index (κ3) is 4.76. The van der Waals surface area contributed by atoms with Gasteiger partial charge in [0.1, 0.15) is 5.82 Å². The molecule has 9 nitrogen and oxygen atoms in total. The van der Waals surface area contributed by atoms with Gasteiger partial charge < -0.3 is 20.0 Å². The van der Waals surface area contributed by atoms with E-state index in [9.17, 15) is 4.79 Å². The van der Waals surface area contributed by atoms with Gasteiger partial charge in [-0.15, -0.1) is 5.10 Å². The standard InChI is InChI=1S/C19H23N7O2/c1-20-19(21-11-13-6-8-14(9-7-13)18(27)26(2)3)22-12-16-23-17(25-24-16)15-5-4-10-28-15/h4-10H,11-12H2,1-3H3,(H2,20,21,22)(H,23,24,25). The van der Waals surface area contributed by atoms with Gasteiger partial charge in [0.05, 0.1) is 12.8 Å². The van der Waals surface area contributed by atoms with Crippen molar-refractivity contribution in [2.75, 3.05) is 21.1 Å². The Hall–Kier alpha value is -3.62. The Morgan fingerprint density at radius 2 is 1.93 bits per heavy atom. The molecule has 28 heavy (non-hydrogen) atoms. The van der Waals surface area contributed by atoms with Crippen LogP contribution in [0.25, 0.3) is 11.6 Å². The van der Waals surface area contributed by atoms with Crippen molar-refractivity contribution >= 4 is 11.9 Å². The van der Waals surface area contributed by atoms with E-state index in [0.29, 0.717) is 42.0 Å². The van der Waals surface area contributed by atoms with E-state index < -0.39 is 0 Å². The Labute approximate surface area is 162 Å². The highest BCUT2D eigenvalue weighted by Crippen LogP contribution is 2.14. The highest BCUT2D eigenvalue weighted by atomic mass is 16.3. The Kier molecular flexibility index (Phi) is 6.05. The quantitative estimate of drug-likeness (QED) is 0.442. The molecule has 3 aromatic rings. The fourth-order valence-corrected chi connectivity index (χ4v) is 2.49. The zero-order chi connectivity index (χ0) is 19.9. The van der Waals surface area contributed by atoms with E-state index in [4.69, 9.17) is 4.42 Å². The Bertz CT molecular complexity index is 928. The fourth-order valence-electron chi connectivity index (χ4n) is 2.49. The normalized spacial score (nSPS) is 11.3. The smallest absolute Gasteiger partial charge is 0.253 e. The molecule has 0 radical (unpaired) electrons. The van der Waals surface area contributed by atoms with Crippen LogP contribution >= 0.6 is 0 Å². The van der Waals surface area contributed by atoms with Crippen LogP contribution in [-0.4, -0.2) is 53.1 Å². The number of amides is 1. The molecule has 3 rings (SSSR count). The van der Waals surface area contributed by atoms with Gasteiger partial charge in [0.2, 0.25) is 5.82 Å². The van der Waals surface area contributed by atoms with Gasteiger partial charge in [0.15, 0.2) is 11.7 Å². The van der Waals surface area contributed by atoms with E-state index in [-0.39, 0.29) is 5.91 Å². The van der Waals surface area contributed by atoms with Crippen molar-refractivity contribution in [1.82, 2.24) is 30.7 Å². The Morgan fingerprint density at radius 3 is 2.57 bits per heavy atom. The molecule has 0 saturated heterocycles. The molecule has 0 atom stereocenters. The zero-order valence-electron chi connectivity index (χ0n) is 16.1. The van der Waals surface area contributed by atoms with Crippen LogP contribution in [-0.2, 0) is 13.1 Å². The second kappa shape index (κ2) is 8.85. The monoisotopic (exact) mass is 381 g/mol. The van der Waals surface area contributed by atoms with Crippen LogP contribution in [0.5, 0.6) is 0 Å². The fraction of sp³-hybridized carbons (Fsp3) is 0.263. The van der Waals surface area contributed by atoms with Crippen molar-refractivity contribution in [2.24, 2.45) is 4.99 Å². The maximum Gasteiger partial charge on any atom is 0.253 e.